The Balaban J connectivity index is 1.32. The van der Waals surface area contributed by atoms with Crippen LogP contribution in [0.5, 0.6) is 5.75 Å². The maximum atomic E-state index is 11.4. The highest BCUT2D eigenvalue weighted by atomic mass is 16.5. The van der Waals surface area contributed by atoms with Crippen LogP contribution in [0.15, 0.2) is 97.1 Å². The zero-order chi connectivity index (χ0) is 24.5. The minimum absolute atomic E-state index is 0.466. The molecule has 4 aromatic carbocycles. The van der Waals surface area contributed by atoms with Crippen molar-refractivity contribution >= 4 is 32.8 Å². The molecule has 180 valence electrons. The second kappa shape index (κ2) is 9.51. The Kier molecular flexibility index (Phi) is 5.91. The average molecular weight is 476 g/mol. The van der Waals surface area contributed by atoms with Crippen LogP contribution >= 0.6 is 0 Å². The molecule has 2 heterocycles. The zero-order valence-electron chi connectivity index (χ0n) is 20.3. The molecule has 0 saturated heterocycles. The molecule has 36 heavy (non-hydrogen) atoms. The third kappa shape index (κ3) is 4.12. The van der Waals surface area contributed by atoms with Gasteiger partial charge in [-0.1, -0.05) is 60.7 Å². The lowest BCUT2D eigenvalue weighted by Gasteiger charge is -2.17. The molecule has 0 aliphatic carbocycles. The van der Waals surface area contributed by atoms with Crippen LogP contribution < -0.4 is 4.74 Å². The summed E-state index contributed by atoms with van der Waals surface area (Å²) in [6, 6.07) is 33.2. The van der Waals surface area contributed by atoms with Gasteiger partial charge in [0.05, 0.1) is 36.8 Å². The molecule has 1 N–H and O–H groups in total. The highest BCUT2D eigenvalue weighted by Crippen LogP contribution is 2.29. The van der Waals surface area contributed by atoms with E-state index in [1.54, 1.807) is 0 Å². The van der Waals surface area contributed by atoms with Gasteiger partial charge >= 0.3 is 0 Å². The summed E-state index contributed by atoms with van der Waals surface area (Å²) in [6.45, 7) is 3.61. The first-order valence-corrected chi connectivity index (χ1v) is 12.5. The van der Waals surface area contributed by atoms with E-state index in [1.807, 2.05) is 37.3 Å². The summed E-state index contributed by atoms with van der Waals surface area (Å²) < 4.78 is 10.00. The minimum atomic E-state index is -0.583. The van der Waals surface area contributed by atoms with Crippen molar-refractivity contribution in [2.45, 2.75) is 32.5 Å². The van der Waals surface area contributed by atoms with Crippen LogP contribution in [0.1, 0.15) is 18.3 Å². The van der Waals surface area contributed by atoms with Gasteiger partial charge in [-0.25, -0.2) is 4.98 Å². The molecular weight excluding hydrogens is 446 g/mol. The number of imidazole rings is 1. The number of benzene rings is 4. The first kappa shape index (κ1) is 22.4. The number of ether oxygens (including phenoxy) is 1. The van der Waals surface area contributed by atoms with Gasteiger partial charge in [0.25, 0.3) is 0 Å². The van der Waals surface area contributed by atoms with Crippen LogP contribution in [-0.2, 0) is 19.5 Å². The van der Waals surface area contributed by atoms with Gasteiger partial charge in [0.15, 0.2) is 0 Å². The number of aromatic nitrogens is 3. The molecule has 0 bridgehead atoms. The summed E-state index contributed by atoms with van der Waals surface area (Å²) in [5, 5.41) is 13.8. The lowest BCUT2D eigenvalue weighted by molar-refractivity contribution is 0.137. The normalized spacial score (nSPS) is 12.5. The van der Waals surface area contributed by atoms with Crippen LogP contribution in [0.25, 0.3) is 32.8 Å². The second-order valence-corrected chi connectivity index (χ2v) is 9.18. The molecule has 1 atom stereocenters. The number of nitrogens with zero attached hydrogens (tertiary/aromatic N) is 3. The van der Waals surface area contributed by atoms with Crippen molar-refractivity contribution in [2.75, 3.05) is 6.61 Å². The Labute approximate surface area is 210 Å². The largest absolute Gasteiger partial charge is 0.494 e. The zero-order valence-corrected chi connectivity index (χ0v) is 20.3. The molecule has 1 unspecified atom stereocenters. The number of hydrogen-bond donors (Lipinski definition) is 1. The summed E-state index contributed by atoms with van der Waals surface area (Å²) in [5.74, 6) is 1.82. The maximum absolute atomic E-state index is 11.4. The maximum Gasteiger partial charge on any atom is 0.119 e. The molecule has 6 aromatic rings. The molecule has 5 heteroatoms. The van der Waals surface area contributed by atoms with Gasteiger partial charge in [-0.3, -0.25) is 0 Å². The van der Waals surface area contributed by atoms with Crippen molar-refractivity contribution in [3.05, 3.63) is 108 Å². The first-order chi connectivity index (χ1) is 17.7. The van der Waals surface area contributed by atoms with Gasteiger partial charge in [0, 0.05) is 28.2 Å². The van der Waals surface area contributed by atoms with Crippen molar-refractivity contribution in [1.82, 2.24) is 14.1 Å². The predicted octanol–water partition coefficient (Wildman–Crippen LogP) is 6.19. The lowest BCUT2D eigenvalue weighted by Crippen LogP contribution is -2.23. The second-order valence-electron chi connectivity index (χ2n) is 9.18. The quantitative estimate of drug-likeness (QED) is 0.285. The van der Waals surface area contributed by atoms with E-state index >= 15 is 0 Å². The number of fused-ring (bicyclic) bond motifs is 4. The average Bonchev–Trinajstić information content (AvgIpc) is 3.41. The fourth-order valence-electron chi connectivity index (χ4n) is 5.20. The van der Waals surface area contributed by atoms with E-state index in [2.05, 4.69) is 75.9 Å². The molecular formula is C31H29N3O2. The number of rotatable bonds is 8. The monoisotopic (exact) mass is 475 g/mol. The summed E-state index contributed by atoms with van der Waals surface area (Å²) >= 11 is 0. The fourth-order valence-corrected chi connectivity index (χ4v) is 5.20. The van der Waals surface area contributed by atoms with Gasteiger partial charge in [-0.05, 0) is 48.9 Å². The van der Waals surface area contributed by atoms with E-state index in [0.717, 1.165) is 39.2 Å². The lowest BCUT2D eigenvalue weighted by atomic mass is 10.1. The van der Waals surface area contributed by atoms with Gasteiger partial charge in [0.1, 0.15) is 11.6 Å². The van der Waals surface area contributed by atoms with E-state index in [0.29, 0.717) is 26.1 Å². The van der Waals surface area contributed by atoms with Crippen LogP contribution in [-0.4, -0.2) is 31.9 Å². The van der Waals surface area contributed by atoms with Gasteiger partial charge in [0.2, 0.25) is 0 Å². The SMILES string of the molecule is CCOc1ccc(Cc2nc3ccccc3n2CC(O)Cn2c3ccccc3c3ccccc32)cc1. The van der Waals surface area contributed by atoms with E-state index in [9.17, 15) is 5.11 Å². The number of aliphatic hydroxyl groups excluding tert-OH is 1. The molecule has 0 fully saturated rings. The van der Waals surface area contributed by atoms with Crippen molar-refractivity contribution in [1.29, 1.82) is 0 Å². The highest BCUT2D eigenvalue weighted by Gasteiger charge is 2.17. The summed E-state index contributed by atoms with van der Waals surface area (Å²) in [6.07, 6.45) is 0.101. The number of para-hydroxylation sites is 4. The van der Waals surface area contributed by atoms with E-state index in [1.165, 1.54) is 10.8 Å². The molecule has 0 radical (unpaired) electrons. The summed E-state index contributed by atoms with van der Waals surface area (Å²) in [4.78, 5) is 4.93. The molecule has 6 rings (SSSR count). The third-order valence-electron chi connectivity index (χ3n) is 6.80. The fraction of sp³-hybridized carbons (Fsp3) is 0.194. The molecule has 0 aliphatic heterocycles. The van der Waals surface area contributed by atoms with Crippen LogP contribution in [0.4, 0.5) is 0 Å². The number of aliphatic hydroxyl groups is 1. The Morgan fingerprint density at radius 3 is 1.97 bits per heavy atom. The van der Waals surface area contributed by atoms with Crippen LogP contribution in [0.2, 0.25) is 0 Å². The Bertz CT molecular complexity index is 1590. The predicted molar refractivity (Wildman–Crippen MR) is 146 cm³/mol. The van der Waals surface area contributed by atoms with Crippen LogP contribution in [0.3, 0.4) is 0 Å². The molecule has 5 nitrogen and oxygen atoms in total. The minimum Gasteiger partial charge on any atom is -0.494 e. The first-order valence-electron chi connectivity index (χ1n) is 12.5. The van der Waals surface area contributed by atoms with E-state index in [4.69, 9.17) is 9.72 Å². The Morgan fingerprint density at radius 2 is 1.31 bits per heavy atom. The Morgan fingerprint density at radius 1 is 0.722 bits per heavy atom. The smallest absolute Gasteiger partial charge is 0.119 e. The number of hydrogen-bond acceptors (Lipinski definition) is 3. The van der Waals surface area contributed by atoms with E-state index < -0.39 is 6.10 Å². The highest BCUT2D eigenvalue weighted by molar-refractivity contribution is 6.07. The molecule has 2 aromatic heterocycles. The van der Waals surface area contributed by atoms with Gasteiger partial charge in [-0.2, -0.15) is 0 Å². The van der Waals surface area contributed by atoms with Crippen molar-refractivity contribution in [3.63, 3.8) is 0 Å². The molecule has 0 amide bonds. The van der Waals surface area contributed by atoms with Crippen molar-refractivity contribution in [3.8, 4) is 5.75 Å². The van der Waals surface area contributed by atoms with E-state index in [-0.39, 0.29) is 0 Å². The summed E-state index contributed by atoms with van der Waals surface area (Å²) in [5.41, 5.74) is 5.43. The van der Waals surface area contributed by atoms with Crippen molar-refractivity contribution < 1.29 is 9.84 Å². The standard InChI is InChI=1S/C31H29N3O2/c1-2-36-24-17-15-22(16-18-24)19-31-32-27-11-5-8-14-30(27)34(31)21-23(35)20-33-28-12-6-3-9-25(28)26-10-4-7-13-29(26)33/h3-18,23,35H,2,19-21H2,1H3. The molecule has 0 spiro atoms. The molecule has 0 aliphatic rings. The topological polar surface area (TPSA) is 52.2 Å². The Hall–Kier alpha value is -4.09. The summed E-state index contributed by atoms with van der Waals surface area (Å²) in [7, 11) is 0. The van der Waals surface area contributed by atoms with Gasteiger partial charge < -0.3 is 19.0 Å². The van der Waals surface area contributed by atoms with Crippen LogP contribution in [0, 0.1) is 0 Å². The van der Waals surface area contributed by atoms with Crippen molar-refractivity contribution in [2.24, 2.45) is 0 Å². The molecule has 0 saturated carbocycles. The van der Waals surface area contributed by atoms with Gasteiger partial charge in [-0.15, -0.1) is 0 Å². The third-order valence-corrected chi connectivity index (χ3v) is 6.80.